The molecule has 0 spiro atoms. The van der Waals surface area contributed by atoms with Crippen LogP contribution in [0.25, 0.3) is 0 Å². The largest absolute Gasteiger partial charge is 0.456 e. The lowest BCUT2D eigenvalue weighted by Gasteiger charge is -2.14. The zero-order valence-electron chi connectivity index (χ0n) is 14.7. The van der Waals surface area contributed by atoms with Crippen molar-refractivity contribution in [1.82, 2.24) is 5.32 Å². The number of rotatable bonds is 8. The Kier molecular flexibility index (Phi) is 8.00. The van der Waals surface area contributed by atoms with E-state index < -0.39 is 11.9 Å². The van der Waals surface area contributed by atoms with Crippen molar-refractivity contribution in [2.45, 2.75) is 25.8 Å². The fourth-order valence-corrected chi connectivity index (χ4v) is 2.72. The number of nitrogens with one attached hydrogen (secondary N) is 1. The van der Waals surface area contributed by atoms with Crippen LogP contribution in [-0.4, -0.2) is 24.3 Å². The summed E-state index contributed by atoms with van der Waals surface area (Å²) in [6.07, 6.45) is -0.0435. The monoisotopic (exact) mass is 451 g/mol. The number of Topliss-reactive ketones (excluding diaryl/α,β-unsaturated/α-hetero) is 1. The minimum absolute atomic E-state index is 0.0310. The number of halogens is 2. The second-order valence-electron chi connectivity index (χ2n) is 5.93. The van der Waals surface area contributed by atoms with Gasteiger partial charge in [-0.1, -0.05) is 51.8 Å². The average molecular weight is 453 g/mol. The number of benzene rings is 2. The first kappa shape index (κ1) is 21.1. The molecule has 0 radical (unpaired) electrons. The highest BCUT2D eigenvalue weighted by atomic mass is 79.9. The van der Waals surface area contributed by atoms with Gasteiger partial charge in [-0.3, -0.25) is 14.4 Å². The molecule has 0 aliphatic rings. The summed E-state index contributed by atoms with van der Waals surface area (Å²) in [5, 5.41) is 3.35. The van der Waals surface area contributed by atoms with Crippen LogP contribution in [0.15, 0.2) is 53.0 Å². The Bertz CT molecular complexity index is 806. The van der Waals surface area contributed by atoms with Crippen molar-refractivity contribution in [2.75, 3.05) is 6.61 Å². The lowest BCUT2D eigenvalue weighted by Crippen LogP contribution is -2.31. The molecule has 1 N–H and O–H groups in total. The molecule has 1 atom stereocenters. The van der Waals surface area contributed by atoms with Gasteiger partial charge in [0.15, 0.2) is 12.4 Å². The summed E-state index contributed by atoms with van der Waals surface area (Å²) >= 11 is 9.13. The number of hydrogen-bond acceptors (Lipinski definition) is 4. The highest BCUT2D eigenvalue weighted by Crippen LogP contribution is 2.16. The van der Waals surface area contributed by atoms with Crippen LogP contribution in [0, 0.1) is 0 Å². The minimum atomic E-state index is -0.588. The van der Waals surface area contributed by atoms with Crippen molar-refractivity contribution in [3.8, 4) is 0 Å². The summed E-state index contributed by atoms with van der Waals surface area (Å²) in [6, 6.07) is 13.7. The van der Waals surface area contributed by atoms with Gasteiger partial charge < -0.3 is 10.1 Å². The number of hydrogen-bond donors (Lipinski definition) is 1. The summed E-state index contributed by atoms with van der Waals surface area (Å²) < 4.78 is 5.81. The first-order valence-electron chi connectivity index (χ1n) is 8.34. The predicted molar refractivity (Wildman–Crippen MR) is 107 cm³/mol. The molecule has 7 heteroatoms. The third-order valence-corrected chi connectivity index (χ3v) is 4.61. The predicted octanol–water partition coefficient (Wildman–Crippen LogP) is 4.49. The minimum Gasteiger partial charge on any atom is -0.456 e. The maximum atomic E-state index is 12.0. The topological polar surface area (TPSA) is 72.5 Å². The van der Waals surface area contributed by atoms with Crippen LogP contribution in [0.2, 0.25) is 5.02 Å². The normalized spacial score (nSPS) is 11.5. The molecule has 5 nitrogen and oxygen atoms in total. The van der Waals surface area contributed by atoms with Crippen LogP contribution in [0.4, 0.5) is 0 Å². The molecule has 0 saturated carbocycles. The van der Waals surface area contributed by atoms with Crippen molar-refractivity contribution in [1.29, 1.82) is 0 Å². The van der Waals surface area contributed by atoms with Gasteiger partial charge in [0.25, 0.3) is 5.91 Å². The van der Waals surface area contributed by atoms with Gasteiger partial charge in [-0.2, -0.15) is 0 Å². The van der Waals surface area contributed by atoms with E-state index in [1.54, 1.807) is 36.4 Å². The second-order valence-corrected chi connectivity index (χ2v) is 7.28. The van der Waals surface area contributed by atoms with Crippen molar-refractivity contribution in [3.05, 3.63) is 69.2 Å². The molecular weight excluding hydrogens is 434 g/mol. The number of ether oxygens (including phenoxy) is 1. The Hall–Kier alpha value is -2.18. The molecule has 0 fully saturated rings. The van der Waals surface area contributed by atoms with Gasteiger partial charge in [-0.05, 0) is 36.8 Å². The molecule has 2 rings (SSSR count). The average Bonchev–Trinajstić information content (AvgIpc) is 2.65. The van der Waals surface area contributed by atoms with E-state index in [9.17, 15) is 14.4 Å². The fraction of sp³-hybridized carbons (Fsp3) is 0.250. The zero-order chi connectivity index (χ0) is 19.8. The summed E-state index contributed by atoms with van der Waals surface area (Å²) in [6.45, 7) is 1.43. The summed E-state index contributed by atoms with van der Waals surface area (Å²) in [5.41, 5.74) is 1.42. The second kappa shape index (κ2) is 10.2. The van der Waals surface area contributed by atoms with Crippen molar-refractivity contribution in [2.24, 2.45) is 0 Å². The Morgan fingerprint density at radius 2 is 1.67 bits per heavy atom. The number of amides is 1. The number of ketones is 1. The van der Waals surface area contributed by atoms with Crippen molar-refractivity contribution >= 4 is 45.2 Å². The standard InChI is InChI=1S/C20H19BrClNO4/c1-13(14-4-8-17(22)9-5-14)23-19(25)12-27-20(26)11-10-18(24)15-2-6-16(21)7-3-15/h2-9,13H,10-12H2,1H3,(H,23,25). The highest BCUT2D eigenvalue weighted by Gasteiger charge is 2.14. The molecule has 1 unspecified atom stereocenters. The van der Waals surface area contributed by atoms with E-state index in [0.717, 1.165) is 10.0 Å². The highest BCUT2D eigenvalue weighted by molar-refractivity contribution is 9.10. The molecular formula is C20H19BrClNO4. The third-order valence-electron chi connectivity index (χ3n) is 3.83. The Morgan fingerprint density at radius 3 is 2.30 bits per heavy atom. The third kappa shape index (κ3) is 7.15. The van der Waals surface area contributed by atoms with Gasteiger partial charge in [0.1, 0.15) is 0 Å². The summed E-state index contributed by atoms with van der Waals surface area (Å²) in [4.78, 5) is 35.7. The van der Waals surface area contributed by atoms with Crippen LogP contribution in [0.1, 0.15) is 41.7 Å². The van der Waals surface area contributed by atoms with E-state index in [-0.39, 0.29) is 31.3 Å². The van der Waals surface area contributed by atoms with Crippen LogP contribution in [0.5, 0.6) is 0 Å². The molecule has 0 saturated heterocycles. The summed E-state index contributed by atoms with van der Waals surface area (Å²) in [5.74, 6) is -1.15. The summed E-state index contributed by atoms with van der Waals surface area (Å²) in [7, 11) is 0. The number of carbonyl (C=O) groups excluding carboxylic acids is 3. The van der Waals surface area contributed by atoms with Crippen LogP contribution in [0.3, 0.4) is 0 Å². The van der Waals surface area contributed by atoms with Gasteiger partial charge >= 0.3 is 5.97 Å². The van der Waals surface area contributed by atoms with Gasteiger partial charge in [-0.15, -0.1) is 0 Å². The molecule has 0 aliphatic carbocycles. The van der Waals surface area contributed by atoms with E-state index in [2.05, 4.69) is 21.2 Å². The molecule has 2 aromatic rings. The van der Waals surface area contributed by atoms with Crippen molar-refractivity contribution < 1.29 is 19.1 Å². The van der Waals surface area contributed by atoms with Gasteiger partial charge in [0.05, 0.1) is 12.5 Å². The number of esters is 1. The van der Waals surface area contributed by atoms with E-state index in [1.807, 2.05) is 19.1 Å². The lowest BCUT2D eigenvalue weighted by molar-refractivity contribution is -0.148. The van der Waals surface area contributed by atoms with Crippen molar-refractivity contribution in [3.63, 3.8) is 0 Å². The molecule has 2 aromatic carbocycles. The lowest BCUT2D eigenvalue weighted by atomic mass is 10.1. The van der Waals surface area contributed by atoms with E-state index >= 15 is 0 Å². The molecule has 0 aliphatic heterocycles. The maximum absolute atomic E-state index is 12.0. The van der Waals surface area contributed by atoms with Gasteiger partial charge in [0.2, 0.25) is 0 Å². The van der Waals surface area contributed by atoms with Gasteiger partial charge in [-0.25, -0.2) is 0 Å². The first-order valence-corrected chi connectivity index (χ1v) is 9.51. The van der Waals surface area contributed by atoms with E-state index in [1.165, 1.54) is 0 Å². The molecule has 1 amide bonds. The molecule has 0 bridgehead atoms. The molecule has 27 heavy (non-hydrogen) atoms. The Labute approximate surface area is 171 Å². The van der Waals surface area contributed by atoms with Crippen LogP contribution >= 0.6 is 27.5 Å². The Morgan fingerprint density at radius 1 is 1.04 bits per heavy atom. The SMILES string of the molecule is CC(NC(=O)COC(=O)CCC(=O)c1ccc(Br)cc1)c1ccc(Cl)cc1. The van der Waals surface area contributed by atoms with E-state index in [0.29, 0.717) is 10.6 Å². The molecule has 142 valence electrons. The van der Waals surface area contributed by atoms with Gasteiger partial charge in [0, 0.05) is 21.5 Å². The van der Waals surface area contributed by atoms with Crippen LogP contribution in [-0.2, 0) is 14.3 Å². The zero-order valence-corrected chi connectivity index (χ0v) is 17.0. The maximum Gasteiger partial charge on any atom is 0.306 e. The smallest absolute Gasteiger partial charge is 0.306 e. The quantitative estimate of drug-likeness (QED) is 0.473. The first-order chi connectivity index (χ1) is 12.8. The van der Waals surface area contributed by atoms with Crippen LogP contribution < -0.4 is 5.32 Å². The van der Waals surface area contributed by atoms with E-state index in [4.69, 9.17) is 16.3 Å². The molecule has 0 aromatic heterocycles. The fourth-order valence-electron chi connectivity index (χ4n) is 2.33. The number of carbonyl (C=O) groups is 3. The Balaban J connectivity index is 1.71. The molecule has 0 heterocycles.